The molecule has 0 aromatic carbocycles. The average Bonchev–Trinajstić information content (AvgIpc) is 2.26. The summed E-state index contributed by atoms with van der Waals surface area (Å²) in [5.74, 6) is -0.680. The third-order valence-corrected chi connectivity index (χ3v) is 3.77. The molecule has 0 N–H and O–H groups in total. The van der Waals surface area contributed by atoms with Crippen molar-refractivity contribution in [2.45, 2.75) is 43.0 Å². The number of ether oxygens (including phenoxy) is 1. The Morgan fingerprint density at radius 2 is 1.85 bits per heavy atom. The van der Waals surface area contributed by atoms with Crippen molar-refractivity contribution < 1.29 is 9.53 Å². The van der Waals surface area contributed by atoms with Gasteiger partial charge in [0.25, 0.3) is 0 Å². The zero-order chi connectivity index (χ0) is 16.0. The molecule has 6 heteroatoms. The highest BCUT2D eigenvalue weighted by molar-refractivity contribution is 6.73. The van der Waals surface area contributed by atoms with E-state index in [-0.39, 0.29) is 5.03 Å². The predicted molar refractivity (Wildman–Crippen MR) is 87.6 cm³/mol. The second kappa shape index (κ2) is 8.33. The van der Waals surface area contributed by atoms with E-state index in [1.54, 1.807) is 13.0 Å². The molecule has 0 aromatic rings. The number of carbonyl (C=O) groups is 1. The van der Waals surface area contributed by atoms with Crippen LogP contribution in [-0.2, 0) is 9.53 Å². The number of allylic oxidation sites excluding steroid dienone is 3. The van der Waals surface area contributed by atoms with E-state index >= 15 is 0 Å². The van der Waals surface area contributed by atoms with Gasteiger partial charge in [-0.05, 0) is 39.7 Å². The normalized spacial score (nSPS) is 15.2. The lowest BCUT2D eigenvalue weighted by atomic mass is 9.99. The van der Waals surface area contributed by atoms with Crippen molar-refractivity contribution in [1.82, 2.24) is 0 Å². The van der Waals surface area contributed by atoms with E-state index < -0.39 is 15.4 Å². The van der Waals surface area contributed by atoms with Gasteiger partial charge in [0, 0.05) is 6.08 Å². The summed E-state index contributed by atoms with van der Waals surface area (Å²) in [5, 5.41) is -0.219. The van der Waals surface area contributed by atoms with Gasteiger partial charge in [0.05, 0.1) is 5.03 Å². The number of hydrogen-bond acceptors (Lipinski definition) is 2. The third kappa shape index (κ3) is 8.21. The first-order valence-electron chi connectivity index (χ1n) is 5.94. The topological polar surface area (TPSA) is 26.3 Å². The van der Waals surface area contributed by atoms with Crippen molar-refractivity contribution in [3.05, 3.63) is 35.4 Å². The molecule has 114 valence electrons. The number of halogens is 4. The van der Waals surface area contributed by atoms with E-state index in [9.17, 15) is 4.79 Å². The zero-order valence-corrected chi connectivity index (χ0v) is 14.7. The summed E-state index contributed by atoms with van der Waals surface area (Å²) in [7, 11) is 0. The van der Waals surface area contributed by atoms with Crippen LogP contribution in [0.2, 0.25) is 0 Å². The van der Waals surface area contributed by atoms with E-state index in [4.69, 9.17) is 51.1 Å². The molecule has 0 rings (SSSR count). The molecule has 0 heterocycles. The van der Waals surface area contributed by atoms with E-state index in [0.717, 1.165) is 12.5 Å². The van der Waals surface area contributed by atoms with E-state index in [2.05, 4.69) is 12.7 Å². The van der Waals surface area contributed by atoms with Crippen LogP contribution < -0.4 is 0 Å². The quantitative estimate of drug-likeness (QED) is 0.262. The van der Waals surface area contributed by atoms with Crippen LogP contribution in [0.3, 0.4) is 0 Å². The molecule has 0 saturated carbocycles. The highest BCUT2D eigenvalue weighted by Gasteiger charge is 2.28. The molecule has 0 radical (unpaired) electrons. The predicted octanol–water partition coefficient (Wildman–Crippen LogP) is 5.71. The Bertz CT molecular complexity index is 417. The molecule has 0 aliphatic carbocycles. The van der Waals surface area contributed by atoms with Crippen molar-refractivity contribution in [3.63, 3.8) is 0 Å². The Labute approximate surface area is 140 Å². The first-order valence-corrected chi connectivity index (χ1v) is 7.45. The monoisotopic (exact) mass is 358 g/mol. The van der Waals surface area contributed by atoms with Gasteiger partial charge in [-0.3, -0.25) is 0 Å². The third-order valence-electron chi connectivity index (χ3n) is 2.47. The number of rotatable bonds is 6. The van der Waals surface area contributed by atoms with Crippen LogP contribution in [0.15, 0.2) is 35.4 Å². The second-order valence-corrected chi connectivity index (χ2v) is 7.44. The summed E-state index contributed by atoms with van der Waals surface area (Å²) in [6.45, 7) is 9.44. The Kier molecular flexibility index (Phi) is 8.27. The fraction of sp³-hybridized carbons (Fsp3) is 0.500. The lowest BCUT2D eigenvalue weighted by molar-refractivity contribution is -0.148. The Morgan fingerprint density at radius 3 is 2.25 bits per heavy atom. The molecule has 1 unspecified atom stereocenters. The summed E-state index contributed by atoms with van der Waals surface area (Å²) >= 11 is 22.3. The molecular formula is C14H18Cl4O2. The van der Waals surface area contributed by atoms with Crippen molar-refractivity contribution in [2.24, 2.45) is 0 Å². The van der Waals surface area contributed by atoms with Crippen LogP contribution in [0.4, 0.5) is 0 Å². The molecule has 0 saturated heterocycles. The van der Waals surface area contributed by atoms with Crippen LogP contribution in [0.1, 0.15) is 33.6 Å². The first kappa shape index (κ1) is 19.9. The molecule has 0 aliphatic rings. The van der Waals surface area contributed by atoms with Crippen LogP contribution >= 0.6 is 46.4 Å². The Hall–Kier alpha value is -0.150. The van der Waals surface area contributed by atoms with E-state index in [0.29, 0.717) is 6.42 Å². The molecular weight excluding hydrogens is 342 g/mol. The summed E-state index contributed by atoms with van der Waals surface area (Å²) in [6, 6.07) is 0. The average molecular weight is 360 g/mol. The van der Waals surface area contributed by atoms with Gasteiger partial charge in [-0.25, -0.2) is 4.79 Å². The fourth-order valence-corrected chi connectivity index (χ4v) is 1.54. The van der Waals surface area contributed by atoms with Gasteiger partial charge in [0.2, 0.25) is 3.79 Å². The molecule has 2 nitrogen and oxygen atoms in total. The molecule has 0 amide bonds. The van der Waals surface area contributed by atoms with E-state index in [1.807, 2.05) is 13.8 Å². The van der Waals surface area contributed by atoms with Gasteiger partial charge in [0.15, 0.2) is 0 Å². The minimum absolute atomic E-state index is 0.219. The number of hydrogen-bond donors (Lipinski definition) is 0. The van der Waals surface area contributed by atoms with Gasteiger partial charge in [-0.15, -0.1) is 0 Å². The molecule has 0 bridgehead atoms. The van der Waals surface area contributed by atoms with Crippen molar-refractivity contribution in [1.29, 1.82) is 0 Å². The molecule has 20 heavy (non-hydrogen) atoms. The summed E-state index contributed by atoms with van der Waals surface area (Å²) < 4.78 is 3.47. The van der Waals surface area contributed by atoms with Gasteiger partial charge >= 0.3 is 5.97 Å². The SMILES string of the molecule is C=CC(C)(CCC=C(C)C)OC(=O)/C=C(\Cl)C(Cl)(Cl)Cl. The maximum Gasteiger partial charge on any atom is 0.332 e. The lowest BCUT2D eigenvalue weighted by Gasteiger charge is -2.25. The van der Waals surface area contributed by atoms with E-state index in [1.165, 1.54) is 5.57 Å². The Balaban J connectivity index is 4.75. The molecule has 1 atom stereocenters. The van der Waals surface area contributed by atoms with Crippen LogP contribution in [0.5, 0.6) is 0 Å². The molecule has 0 aromatic heterocycles. The highest BCUT2D eigenvalue weighted by atomic mass is 35.6. The van der Waals surface area contributed by atoms with Gasteiger partial charge < -0.3 is 4.74 Å². The van der Waals surface area contributed by atoms with Crippen molar-refractivity contribution >= 4 is 52.4 Å². The second-order valence-electron chi connectivity index (χ2n) is 4.75. The maximum atomic E-state index is 11.7. The molecule has 0 aliphatic heterocycles. The lowest BCUT2D eigenvalue weighted by Crippen LogP contribution is -2.28. The summed E-state index contributed by atoms with van der Waals surface area (Å²) in [6.07, 6.45) is 5.95. The maximum absolute atomic E-state index is 11.7. The number of carbonyl (C=O) groups excluding carboxylic acids is 1. The largest absolute Gasteiger partial charge is 0.452 e. The minimum atomic E-state index is -1.84. The van der Waals surface area contributed by atoms with Gasteiger partial charge in [0.1, 0.15) is 5.60 Å². The van der Waals surface area contributed by atoms with Crippen LogP contribution in [0.25, 0.3) is 0 Å². The zero-order valence-electron chi connectivity index (χ0n) is 11.7. The number of esters is 1. The number of alkyl halides is 3. The van der Waals surface area contributed by atoms with Gasteiger partial charge in [-0.1, -0.05) is 64.6 Å². The molecule has 0 spiro atoms. The van der Waals surface area contributed by atoms with Crippen molar-refractivity contribution in [2.75, 3.05) is 0 Å². The molecule has 0 fully saturated rings. The highest BCUT2D eigenvalue weighted by Crippen LogP contribution is 2.37. The fourth-order valence-electron chi connectivity index (χ4n) is 1.29. The Morgan fingerprint density at radius 1 is 1.30 bits per heavy atom. The van der Waals surface area contributed by atoms with Crippen LogP contribution in [0, 0.1) is 0 Å². The summed E-state index contributed by atoms with van der Waals surface area (Å²) in [4.78, 5) is 11.7. The minimum Gasteiger partial charge on any atom is -0.452 e. The standard InChI is InChI=1S/C14H18Cl4O2/c1-5-13(4,8-6-7-10(2)3)20-12(19)9-11(15)14(16,17)18/h5,7,9H,1,6,8H2,2-4H3/b11-9-. The first-order chi connectivity index (χ1) is 9.00. The smallest absolute Gasteiger partial charge is 0.332 e. The van der Waals surface area contributed by atoms with Crippen molar-refractivity contribution in [3.8, 4) is 0 Å². The van der Waals surface area contributed by atoms with Gasteiger partial charge in [-0.2, -0.15) is 0 Å². The van der Waals surface area contributed by atoms with Crippen LogP contribution in [-0.4, -0.2) is 15.4 Å². The summed E-state index contributed by atoms with van der Waals surface area (Å²) in [5.41, 5.74) is 0.395.